The zero-order chi connectivity index (χ0) is 12.6. The van der Waals surface area contributed by atoms with Gasteiger partial charge in [-0.1, -0.05) is 37.8 Å². The lowest BCUT2D eigenvalue weighted by molar-refractivity contribution is 0.521. The highest BCUT2D eigenvalue weighted by Gasteiger charge is 2.27. The fourth-order valence-electron chi connectivity index (χ4n) is 1.51. The molecule has 0 amide bonds. The van der Waals surface area contributed by atoms with Gasteiger partial charge in [0.2, 0.25) is 10.0 Å². The molecule has 0 spiro atoms. The van der Waals surface area contributed by atoms with Crippen LogP contribution in [0.15, 0.2) is 29.2 Å². The van der Waals surface area contributed by atoms with E-state index in [1.54, 1.807) is 26.2 Å². The maximum atomic E-state index is 12.1. The highest BCUT2D eigenvalue weighted by Crippen LogP contribution is 2.15. The normalized spacial score (nSPS) is 13.1. The molecule has 0 aliphatic carbocycles. The topological polar surface area (TPSA) is 37.4 Å². The number of rotatable bonds is 3. The van der Waals surface area contributed by atoms with Crippen molar-refractivity contribution >= 4 is 23.3 Å². The Hall–Kier alpha value is -0.653. The van der Waals surface area contributed by atoms with Crippen LogP contribution in [0.25, 0.3) is 0 Å². The van der Waals surface area contributed by atoms with Gasteiger partial charge in [0.15, 0.2) is 0 Å². The third-order valence-electron chi connectivity index (χ3n) is 2.45. The molecule has 16 heavy (non-hydrogen) atoms. The lowest BCUT2D eigenvalue weighted by Crippen LogP contribution is -2.42. The predicted octanol–water partition coefficient (Wildman–Crippen LogP) is 1.48. The first-order chi connectivity index (χ1) is 7.17. The fourth-order valence-corrected chi connectivity index (χ4v) is 5.22. The van der Waals surface area contributed by atoms with Crippen molar-refractivity contribution in [2.24, 2.45) is 0 Å². The third kappa shape index (κ3) is 2.53. The standard InChI is InChI=1S/C11H19NO2SSi/c1-12(2)15(13,14)10-8-6-7-9-11(10)16(3,4)5/h6-9H,1-5H3. The molecular weight excluding hydrogens is 238 g/mol. The molecule has 0 unspecified atom stereocenters. The molecule has 0 atom stereocenters. The molecule has 1 aromatic carbocycles. The first-order valence-corrected chi connectivity index (χ1v) is 10.1. The second-order valence-corrected chi connectivity index (χ2v) is 12.2. The zero-order valence-electron chi connectivity index (χ0n) is 10.5. The summed E-state index contributed by atoms with van der Waals surface area (Å²) in [5.41, 5.74) is 0. The Morgan fingerprint density at radius 3 is 2.00 bits per heavy atom. The molecule has 0 saturated heterocycles. The molecule has 1 aromatic rings. The predicted molar refractivity (Wildman–Crippen MR) is 70.3 cm³/mol. The average Bonchev–Trinajstić information content (AvgIpc) is 2.16. The van der Waals surface area contributed by atoms with Crippen LogP contribution in [0.5, 0.6) is 0 Å². The average molecular weight is 257 g/mol. The summed E-state index contributed by atoms with van der Waals surface area (Å²) in [6.45, 7) is 6.45. The number of nitrogens with zero attached hydrogens (tertiary/aromatic N) is 1. The van der Waals surface area contributed by atoms with Gasteiger partial charge in [-0.3, -0.25) is 0 Å². The summed E-state index contributed by atoms with van der Waals surface area (Å²) < 4.78 is 25.6. The van der Waals surface area contributed by atoms with E-state index in [0.717, 1.165) is 5.19 Å². The van der Waals surface area contributed by atoms with Gasteiger partial charge < -0.3 is 0 Å². The minimum Gasteiger partial charge on any atom is -0.207 e. The summed E-state index contributed by atoms with van der Waals surface area (Å²) in [5, 5.41) is 0.990. The minimum atomic E-state index is -3.32. The Morgan fingerprint density at radius 1 is 1.06 bits per heavy atom. The highest BCUT2D eigenvalue weighted by molar-refractivity contribution is 7.89. The third-order valence-corrected chi connectivity index (χ3v) is 6.56. The summed E-state index contributed by atoms with van der Waals surface area (Å²) >= 11 is 0. The van der Waals surface area contributed by atoms with Gasteiger partial charge in [-0.2, -0.15) is 0 Å². The van der Waals surface area contributed by atoms with Crippen molar-refractivity contribution in [3.63, 3.8) is 0 Å². The fraction of sp³-hybridized carbons (Fsp3) is 0.455. The van der Waals surface area contributed by atoms with Gasteiger partial charge in [-0.15, -0.1) is 0 Å². The molecule has 0 aliphatic rings. The van der Waals surface area contributed by atoms with Crippen LogP contribution in [0.2, 0.25) is 19.6 Å². The number of sulfonamides is 1. The Labute approximate surface area is 99.2 Å². The van der Waals surface area contributed by atoms with Crippen LogP contribution in [0, 0.1) is 0 Å². The van der Waals surface area contributed by atoms with Crippen LogP contribution in [0.3, 0.4) is 0 Å². The molecule has 0 aromatic heterocycles. The van der Waals surface area contributed by atoms with Gasteiger partial charge in [0.05, 0.1) is 13.0 Å². The van der Waals surface area contributed by atoms with Crippen molar-refractivity contribution in [1.82, 2.24) is 4.31 Å². The Kier molecular flexibility index (Phi) is 3.61. The van der Waals surface area contributed by atoms with Crippen LogP contribution in [-0.2, 0) is 10.0 Å². The monoisotopic (exact) mass is 257 g/mol. The summed E-state index contributed by atoms with van der Waals surface area (Å²) in [5.74, 6) is 0. The van der Waals surface area contributed by atoms with Gasteiger partial charge in [-0.05, 0) is 11.3 Å². The maximum Gasteiger partial charge on any atom is 0.242 e. The van der Waals surface area contributed by atoms with Crippen molar-refractivity contribution in [3.8, 4) is 0 Å². The Bertz CT molecular complexity index is 475. The molecule has 0 heterocycles. The lowest BCUT2D eigenvalue weighted by Gasteiger charge is -2.22. The van der Waals surface area contributed by atoms with Gasteiger partial charge >= 0.3 is 0 Å². The van der Waals surface area contributed by atoms with E-state index >= 15 is 0 Å². The SMILES string of the molecule is CN(C)S(=O)(=O)c1ccccc1[Si](C)(C)C. The van der Waals surface area contributed by atoms with E-state index in [9.17, 15) is 8.42 Å². The number of hydrogen-bond acceptors (Lipinski definition) is 2. The molecule has 90 valence electrons. The first-order valence-electron chi connectivity index (χ1n) is 5.19. The molecule has 0 bridgehead atoms. The van der Waals surface area contributed by atoms with Gasteiger partial charge in [0.25, 0.3) is 0 Å². The smallest absolute Gasteiger partial charge is 0.207 e. The second-order valence-electron chi connectivity index (χ2n) is 5.03. The van der Waals surface area contributed by atoms with Crippen LogP contribution in [-0.4, -0.2) is 34.9 Å². The molecule has 0 radical (unpaired) electrons. The molecule has 0 aliphatic heterocycles. The van der Waals surface area contributed by atoms with Crippen LogP contribution >= 0.6 is 0 Å². The number of benzene rings is 1. The van der Waals surface area contributed by atoms with Crippen LogP contribution < -0.4 is 5.19 Å². The van der Waals surface area contributed by atoms with E-state index in [4.69, 9.17) is 0 Å². The van der Waals surface area contributed by atoms with Crippen molar-refractivity contribution in [2.75, 3.05) is 14.1 Å². The van der Waals surface area contributed by atoms with Crippen molar-refractivity contribution in [3.05, 3.63) is 24.3 Å². The van der Waals surface area contributed by atoms with E-state index in [2.05, 4.69) is 19.6 Å². The maximum absolute atomic E-state index is 12.1. The molecule has 0 N–H and O–H groups in total. The van der Waals surface area contributed by atoms with Crippen molar-refractivity contribution in [1.29, 1.82) is 0 Å². The largest absolute Gasteiger partial charge is 0.242 e. The quantitative estimate of drug-likeness (QED) is 0.769. The minimum absolute atomic E-state index is 0.458. The van der Waals surface area contributed by atoms with E-state index in [-0.39, 0.29) is 0 Å². The first kappa shape index (κ1) is 13.4. The zero-order valence-corrected chi connectivity index (χ0v) is 12.3. The highest BCUT2D eigenvalue weighted by atomic mass is 32.2. The summed E-state index contributed by atoms with van der Waals surface area (Å²) in [7, 11) is -1.83. The molecule has 1 rings (SSSR count). The summed E-state index contributed by atoms with van der Waals surface area (Å²) in [6, 6.07) is 7.31. The number of hydrogen-bond donors (Lipinski definition) is 0. The van der Waals surface area contributed by atoms with E-state index in [1.807, 2.05) is 12.1 Å². The van der Waals surface area contributed by atoms with Gasteiger partial charge in [0, 0.05) is 14.1 Å². The van der Waals surface area contributed by atoms with Crippen molar-refractivity contribution < 1.29 is 8.42 Å². The Balaban J connectivity index is 3.48. The van der Waals surface area contributed by atoms with E-state index < -0.39 is 18.1 Å². The molecule has 5 heteroatoms. The van der Waals surface area contributed by atoms with Crippen LogP contribution in [0.1, 0.15) is 0 Å². The van der Waals surface area contributed by atoms with Gasteiger partial charge in [0.1, 0.15) is 0 Å². The van der Waals surface area contributed by atoms with E-state index in [1.165, 1.54) is 4.31 Å². The van der Waals surface area contributed by atoms with Crippen molar-refractivity contribution in [2.45, 2.75) is 24.5 Å². The Morgan fingerprint density at radius 2 is 1.56 bits per heavy atom. The second kappa shape index (κ2) is 4.31. The molecule has 3 nitrogen and oxygen atoms in total. The molecule has 0 saturated carbocycles. The lowest BCUT2D eigenvalue weighted by atomic mass is 10.4. The van der Waals surface area contributed by atoms with Crippen LogP contribution in [0.4, 0.5) is 0 Å². The molecular formula is C11H19NO2SSi. The van der Waals surface area contributed by atoms with E-state index in [0.29, 0.717) is 4.90 Å². The van der Waals surface area contributed by atoms with Gasteiger partial charge in [-0.25, -0.2) is 12.7 Å². The summed E-state index contributed by atoms with van der Waals surface area (Å²) in [4.78, 5) is 0.458. The molecule has 0 fully saturated rings. The summed E-state index contributed by atoms with van der Waals surface area (Å²) in [6.07, 6.45) is 0.